The lowest BCUT2D eigenvalue weighted by molar-refractivity contribution is 0.0683. The average molecular weight is 471 g/mol. The molecule has 5 rings (SSSR count). The summed E-state index contributed by atoms with van der Waals surface area (Å²) >= 11 is 0. The molecule has 0 atom stereocenters. The van der Waals surface area contributed by atoms with E-state index in [1.165, 1.54) is 0 Å². The van der Waals surface area contributed by atoms with Crippen molar-refractivity contribution in [1.29, 1.82) is 0 Å². The third-order valence-electron chi connectivity index (χ3n) is 6.18. The van der Waals surface area contributed by atoms with Crippen molar-refractivity contribution in [3.8, 4) is 44.5 Å². The van der Waals surface area contributed by atoms with Gasteiger partial charge in [-0.2, -0.15) is 0 Å². The third kappa shape index (κ3) is 4.05. The highest BCUT2D eigenvalue weighted by atomic mass is 16.4. The van der Waals surface area contributed by atoms with Gasteiger partial charge < -0.3 is 10.2 Å². The SMILES string of the molecule is O=C(O)c1c(-c2ccccc2)c(-c2ccccc2)c(C(=O)O)c(-c2ccccc2)c1-c1ccccc1. The van der Waals surface area contributed by atoms with Crippen LogP contribution in [0, 0.1) is 0 Å². The second-order valence-electron chi connectivity index (χ2n) is 8.32. The van der Waals surface area contributed by atoms with E-state index in [0.29, 0.717) is 44.5 Å². The first-order valence-corrected chi connectivity index (χ1v) is 11.5. The summed E-state index contributed by atoms with van der Waals surface area (Å²) in [5.41, 5.74) is 4.18. The van der Waals surface area contributed by atoms with E-state index >= 15 is 0 Å². The summed E-state index contributed by atoms with van der Waals surface area (Å²) in [6.45, 7) is 0. The molecule has 0 amide bonds. The van der Waals surface area contributed by atoms with Crippen LogP contribution in [-0.4, -0.2) is 22.2 Å². The normalized spacial score (nSPS) is 10.7. The number of benzene rings is 5. The van der Waals surface area contributed by atoms with Crippen molar-refractivity contribution in [2.24, 2.45) is 0 Å². The first-order valence-electron chi connectivity index (χ1n) is 11.5. The van der Waals surface area contributed by atoms with E-state index in [0.717, 1.165) is 0 Å². The maximum absolute atomic E-state index is 13.1. The van der Waals surface area contributed by atoms with Crippen molar-refractivity contribution in [1.82, 2.24) is 0 Å². The Balaban J connectivity index is 2.11. The zero-order valence-electron chi connectivity index (χ0n) is 19.3. The van der Waals surface area contributed by atoms with Crippen LogP contribution in [0.15, 0.2) is 121 Å². The molecule has 4 nitrogen and oxygen atoms in total. The lowest BCUT2D eigenvalue weighted by Crippen LogP contribution is -2.13. The molecular formula is C32H22O4. The first kappa shape index (κ1) is 22.8. The molecule has 174 valence electrons. The van der Waals surface area contributed by atoms with Gasteiger partial charge in [-0.05, 0) is 22.3 Å². The Morgan fingerprint density at radius 2 is 0.556 bits per heavy atom. The zero-order valence-corrected chi connectivity index (χ0v) is 19.3. The van der Waals surface area contributed by atoms with E-state index in [1.807, 2.05) is 121 Å². The van der Waals surface area contributed by atoms with Gasteiger partial charge >= 0.3 is 11.9 Å². The predicted octanol–water partition coefficient (Wildman–Crippen LogP) is 7.75. The van der Waals surface area contributed by atoms with E-state index in [9.17, 15) is 19.8 Å². The molecule has 0 saturated carbocycles. The van der Waals surface area contributed by atoms with E-state index in [2.05, 4.69) is 0 Å². The van der Waals surface area contributed by atoms with Crippen molar-refractivity contribution >= 4 is 11.9 Å². The quantitative estimate of drug-likeness (QED) is 0.266. The molecular weight excluding hydrogens is 448 g/mol. The Morgan fingerprint density at radius 1 is 0.361 bits per heavy atom. The standard InChI is InChI=1S/C32H22O4/c33-31(34)29-25(21-13-5-1-6-14-21)26(22-15-7-2-8-16-22)30(32(35)36)28(24-19-11-4-12-20-24)27(29)23-17-9-3-10-18-23/h1-20H,(H,33,34)(H,35,36). The molecule has 0 saturated heterocycles. The number of carboxylic acids is 2. The molecule has 0 aromatic heterocycles. The maximum atomic E-state index is 13.1. The average Bonchev–Trinajstić information content (AvgIpc) is 2.93. The summed E-state index contributed by atoms with van der Waals surface area (Å²) in [5.74, 6) is -2.25. The minimum absolute atomic E-state index is 0.0649. The Labute approximate surface area is 208 Å². The third-order valence-corrected chi connectivity index (χ3v) is 6.18. The zero-order chi connectivity index (χ0) is 25.1. The molecule has 2 N–H and O–H groups in total. The van der Waals surface area contributed by atoms with Crippen molar-refractivity contribution in [3.05, 3.63) is 132 Å². The van der Waals surface area contributed by atoms with Crippen LogP contribution in [0.1, 0.15) is 20.7 Å². The monoisotopic (exact) mass is 470 g/mol. The predicted molar refractivity (Wildman–Crippen MR) is 142 cm³/mol. The second kappa shape index (κ2) is 9.72. The van der Waals surface area contributed by atoms with Crippen LogP contribution in [0.3, 0.4) is 0 Å². The summed E-state index contributed by atoms with van der Waals surface area (Å²) in [6.07, 6.45) is 0. The van der Waals surface area contributed by atoms with Crippen molar-refractivity contribution in [2.75, 3.05) is 0 Å². The highest BCUT2D eigenvalue weighted by Gasteiger charge is 2.32. The molecule has 5 aromatic carbocycles. The summed E-state index contributed by atoms with van der Waals surface area (Å²) in [6, 6.07) is 36.5. The Kier molecular flexibility index (Phi) is 6.16. The molecule has 5 aromatic rings. The highest BCUT2D eigenvalue weighted by molar-refractivity contribution is 6.18. The van der Waals surface area contributed by atoms with Crippen molar-refractivity contribution in [3.63, 3.8) is 0 Å². The van der Waals surface area contributed by atoms with Gasteiger partial charge in [0.05, 0.1) is 11.1 Å². The Bertz CT molecular complexity index is 1320. The van der Waals surface area contributed by atoms with Crippen molar-refractivity contribution < 1.29 is 19.8 Å². The fourth-order valence-corrected chi connectivity index (χ4v) is 4.75. The summed E-state index contributed by atoms with van der Waals surface area (Å²) in [4.78, 5) is 26.2. The van der Waals surface area contributed by atoms with Crippen LogP contribution in [0.4, 0.5) is 0 Å². The second-order valence-corrected chi connectivity index (χ2v) is 8.32. The van der Waals surface area contributed by atoms with Gasteiger partial charge in [-0.15, -0.1) is 0 Å². The highest BCUT2D eigenvalue weighted by Crippen LogP contribution is 2.48. The van der Waals surface area contributed by atoms with Crippen LogP contribution in [-0.2, 0) is 0 Å². The minimum atomic E-state index is -1.13. The van der Waals surface area contributed by atoms with Gasteiger partial charge in [0.15, 0.2) is 0 Å². The molecule has 0 unspecified atom stereocenters. The van der Waals surface area contributed by atoms with Gasteiger partial charge in [0.25, 0.3) is 0 Å². The number of carbonyl (C=O) groups is 2. The topological polar surface area (TPSA) is 74.6 Å². The van der Waals surface area contributed by atoms with E-state index in [4.69, 9.17) is 0 Å². The Morgan fingerprint density at radius 3 is 0.722 bits per heavy atom. The number of hydrogen-bond acceptors (Lipinski definition) is 2. The number of hydrogen-bond donors (Lipinski definition) is 2. The molecule has 4 heteroatoms. The van der Waals surface area contributed by atoms with Gasteiger partial charge in [-0.25, -0.2) is 9.59 Å². The Hall–Kier alpha value is -4.96. The van der Waals surface area contributed by atoms with Gasteiger partial charge in [0, 0.05) is 22.3 Å². The maximum Gasteiger partial charge on any atom is 0.337 e. The smallest absolute Gasteiger partial charge is 0.337 e. The summed E-state index contributed by atoms with van der Waals surface area (Å²) < 4.78 is 0. The van der Waals surface area contributed by atoms with Gasteiger partial charge in [-0.1, -0.05) is 121 Å². The largest absolute Gasteiger partial charge is 0.478 e. The molecule has 0 spiro atoms. The van der Waals surface area contributed by atoms with E-state index in [-0.39, 0.29) is 11.1 Å². The van der Waals surface area contributed by atoms with Gasteiger partial charge in [0.2, 0.25) is 0 Å². The number of aromatic carboxylic acids is 2. The summed E-state index contributed by atoms with van der Waals surface area (Å²) in [7, 11) is 0. The van der Waals surface area contributed by atoms with E-state index < -0.39 is 11.9 Å². The lowest BCUT2D eigenvalue weighted by atomic mass is 9.77. The van der Waals surface area contributed by atoms with Gasteiger partial charge in [0.1, 0.15) is 0 Å². The van der Waals surface area contributed by atoms with Crippen LogP contribution in [0.25, 0.3) is 44.5 Å². The molecule has 0 aliphatic carbocycles. The molecule has 0 heterocycles. The van der Waals surface area contributed by atoms with Crippen LogP contribution in [0.5, 0.6) is 0 Å². The molecule has 0 bridgehead atoms. The minimum Gasteiger partial charge on any atom is -0.478 e. The number of carboxylic acid groups (broad SMARTS) is 2. The van der Waals surface area contributed by atoms with Gasteiger partial charge in [-0.3, -0.25) is 0 Å². The lowest BCUT2D eigenvalue weighted by Gasteiger charge is -2.25. The van der Waals surface area contributed by atoms with Crippen LogP contribution >= 0.6 is 0 Å². The fraction of sp³-hybridized carbons (Fsp3) is 0. The summed E-state index contributed by atoms with van der Waals surface area (Å²) in [5, 5.41) is 21.4. The van der Waals surface area contributed by atoms with Crippen LogP contribution in [0.2, 0.25) is 0 Å². The van der Waals surface area contributed by atoms with E-state index in [1.54, 1.807) is 0 Å². The first-order chi connectivity index (χ1) is 17.6. The van der Waals surface area contributed by atoms with Crippen LogP contribution < -0.4 is 0 Å². The molecule has 0 fully saturated rings. The van der Waals surface area contributed by atoms with Crippen molar-refractivity contribution in [2.45, 2.75) is 0 Å². The molecule has 0 aliphatic rings. The fourth-order valence-electron chi connectivity index (χ4n) is 4.75. The number of rotatable bonds is 6. The molecule has 36 heavy (non-hydrogen) atoms. The molecule has 0 radical (unpaired) electrons. The molecule has 0 aliphatic heterocycles.